The second-order valence-electron chi connectivity index (χ2n) is 6.08. The maximum absolute atomic E-state index is 12.9. The molecule has 3 heterocycles. The molecular weight excluding hydrogens is 434 g/mol. The predicted molar refractivity (Wildman–Crippen MR) is 95.8 cm³/mol. The van der Waals surface area contributed by atoms with Crippen molar-refractivity contribution in [3.8, 4) is 0 Å². The highest BCUT2D eigenvalue weighted by Crippen LogP contribution is 2.29. The molecule has 1 amide bonds. The van der Waals surface area contributed by atoms with E-state index in [1.54, 1.807) is 4.90 Å². The van der Waals surface area contributed by atoms with Gasteiger partial charge in [0.05, 0.1) is 19.1 Å². The topological polar surface area (TPSA) is 79.8 Å². The van der Waals surface area contributed by atoms with Crippen LogP contribution in [0.25, 0.3) is 0 Å². The number of rotatable bonds is 3. The zero-order chi connectivity index (χ0) is 18.0. The minimum absolute atomic E-state index is 0.00154. The summed E-state index contributed by atoms with van der Waals surface area (Å²) in [6, 6.07) is 1.44. The molecule has 0 radical (unpaired) electrons. The summed E-state index contributed by atoms with van der Waals surface area (Å²) < 4.78 is 33.0. The monoisotopic (exact) mass is 451 g/mol. The van der Waals surface area contributed by atoms with Gasteiger partial charge >= 0.3 is 0 Å². The molecule has 0 aromatic carbocycles. The van der Waals surface area contributed by atoms with Gasteiger partial charge in [0.1, 0.15) is 10.0 Å². The highest BCUT2D eigenvalue weighted by Gasteiger charge is 2.36. The van der Waals surface area contributed by atoms with Crippen molar-refractivity contribution >= 4 is 43.5 Å². The number of carbonyl (C=O) groups excluding carboxylic acids is 1. The third-order valence-electron chi connectivity index (χ3n) is 4.45. The third-order valence-corrected chi connectivity index (χ3v) is 7.17. The van der Waals surface area contributed by atoms with Gasteiger partial charge in [0.2, 0.25) is 15.9 Å². The molecule has 0 bridgehead atoms. The summed E-state index contributed by atoms with van der Waals surface area (Å²) in [6.07, 6.45) is 2.77. The summed E-state index contributed by atoms with van der Waals surface area (Å²) in [4.78, 5) is 18.3. The predicted octanol–water partition coefficient (Wildman–Crippen LogP) is 1.76. The Labute approximate surface area is 160 Å². The number of aromatic nitrogens is 1. The number of halogens is 2. The smallest absolute Gasteiger partial charge is 0.246 e. The lowest BCUT2D eigenvalue weighted by Crippen LogP contribution is -2.49. The average molecular weight is 453 g/mol. The largest absolute Gasteiger partial charge is 0.378 e. The first-order valence-electron chi connectivity index (χ1n) is 8.07. The van der Waals surface area contributed by atoms with Gasteiger partial charge in [0.25, 0.3) is 0 Å². The maximum atomic E-state index is 12.9. The summed E-state index contributed by atoms with van der Waals surface area (Å²) >= 11 is 9.22. The normalized spacial score (nSPS) is 22.8. The Hall–Kier alpha value is -0.740. The molecule has 138 valence electrons. The van der Waals surface area contributed by atoms with Gasteiger partial charge in [-0.3, -0.25) is 4.79 Å². The third kappa shape index (κ3) is 4.16. The number of hydrogen-bond donors (Lipinski definition) is 0. The van der Waals surface area contributed by atoms with Crippen LogP contribution in [0.5, 0.6) is 0 Å². The van der Waals surface area contributed by atoms with Crippen molar-refractivity contribution in [1.29, 1.82) is 0 Å². The van der Waals surface area contributed by atoms with Crippen LogP contribution in [0.2, 0.25) is 5.15 Å². The molecule has 0 spiro atoms. The first-order valence-corrected chi connectivity index (χ1v) is 10.7. The second kappa shape index (κ2) is 7.87. The van der Waals surface area contributed by atoms with Gasteiger partial charge in [-0.25, -0.2) is 13.4 Å². The Balaban J connectivity index is 1.78. The number of hydrogen-bond acceptors (Lipinski definition) is 5. The van der Waals surface area contributed by atoms with Gasteiger partial charge in [-0.15, -0.1) is 0 Å². The zero-order valence-electron chi connectivity index (χ0n) is 13.5. The van der Waals surface area contributed by atoms with E-state index >= 15 is 0 Å². The first-order chi connectivity index (χ1) is 11.9. The number of amides is 1. The van der Waals surface area contributed by atoms with Crippen molar-refractivity contribution in [2.75, 3.05) is 39.4 Å². The van der Waals surface area contributed by atoms with E-state index in [0.29, 0.717) is 50.2 Å². The number of pyridine rings is 1. The van der Waals surface area contributed by atoms with Crippen LogP contribution in [-0.4, -0.2) is 67.9 Å². The van der Waals surface area contributed by atoms with Gasteiger partial charge in [0, 0.05) is 36.8 Å². The fourth-order valence-corrected chi connectivity index (χ4v) is 5.57. The van der Waals surface area contributed by atoms with E-state index in [1.807, 2.05) is 0 Å². The summed E-state index contributed by atoms with van der Waals surface area (Å²) in [7, 11) is -3.80. The van der Waals surface area contributed by atoms with Gasteiger partial charge < -0.3 is 9.64 Å². The molecule has 1 atom stereocenters. The van der Waals surface area contributed by atoms with E-state index in [4.69, 9.17) is 16.3 Å². The van der Waals surface area contributed by atoms with Crippen LogP contribution in [0.4, 0.5) is 0 Å². The lowest BCUT2D eigenvalue weighted by atomic mass is 9.98. The van der Waals surface area contributed by atoms with Crippen molar-refractivity contribution < 1.29 is 17.9 Å². The number of nitrogens with zero attached hydrogens (tertiary/aromatic N) is 3. The Bertz CT molecular complexity index is 755. The van der Waals surface area contributed by atoms with Crippen LogP contribution in [0.15, 0.2) is 21.6 Å². The van der Waals surface area contributed by atoms with Crippen molar-refractivity contribution in [1.82, 2.24) is 14.2 Å². The Morgan fingerprint density at radius 1 is 1.32 bits per heavy atom. The minimum Gasteiger partial charge on any atom is -0.378 e. The van der Waals surface area contributed by atoms with E-state index in [2.05, 4.69) is 20.9 Å². The number of morpholine rings is 1. The summed E-state index contributed by atoms with van der Waals surface area (Å²) in [5.41, 5.74) is 0. The molecule has 0 aliphatic carbocycles. The van der Waals surface area contributed by atoms with Crippen LogP contribution in [-0.2, 0) is 19.6 Å². The van der Waals surface area contributed by atoms with Gasteiger partial charge in [0.15, 0.2) is 0 Å². The molecule has 1 unspecified atom stereocenters. The van der Waals surface area contributed by atoms with E-state index < -0.39 is 10.0 Å². The van der Waals surface area contributed by atoms with Crippen LogP contribution in [0.3, 0.4) is 0 Å². The molecule has 25 heavy (non-hydrogen) atoms. The summed E-state index contributed by atoms with van der Waals surface area (Å²) in [5.74, 6) is -0.331. The standard InChI is InChI=1S/C15H19BrClN3O4S/c16-12-8-13(14(17)18-9-12)25(22,23)20-3-1-2-11(10-20)15(21)19-4-6-24-7-5-19/h8-9,11H,1-7,10H2. The highest BCUT2D eigenvalue weighted by molar-refractivity contribution is 9.10. The Kier molecular flexibility index (Phi) is 5.99. The van der Waals surface area contributed by atoms with E-state index in [9.17, 15) is 13.2 Å². The molecule has 2 fully saturated rings. The Morgan fingerprint density at radius 3 is 2.76 bits per heavy atom. The van der Waals surface area contributed by atoms with Gasteiger partial charge in [-0.1, -0.05) is 11.6 Å². The molecule has 0 N–H and O–H groups in total. The molecule has 2 aliphatic heterocycles. The van der Waals surface area contributed by atoms with Crippen molar-refractivity contribution in [3.63, 3.8) is 0 Å². The van der Waals surface area contributed by atoms with Crippen LogP contribution < -0.4 is 0 Å². The van der Waals surface area contributed by atoms with E-state index in [-0.39, 0.29) is 28.4 Å². The number of ether oxygens (including phenoxy) is 1. The molecule has 1 aromatic rings. The second-order valence-corrected chi connectivity index (χ2v) is 9.26. The molecule has 10 heteroatoms. The molecule has 3 rings (SSSR count). The Morgan fingerprint density at radius 2 is 2.04 bits per heavy atom. The quantitative estimate of drug-likeness (QED) is 0.653. The van der Waals surface area contributed by atoms with E-state index in [1.165, 1.54) is 16.6 Å². The number of carbonyl (C=O) groups is 1. The number of piperidine rings is 1. The van der Waals surface area contributed by atoms with Crippen molar-refractivity contribution in [2.45, 2.75) is 17.7 Å². The highest BCUT2D eigenvalue weighted by atomic mass is 79.9. The lowest BCUT2D eigenvalue weighted by molar-refractivity contribution is -0.140. The van der Waals surface area contributed by atoms with E-state index in [0.717, 1.165) is 0 Å². The van der Waals surface area contributed by atoms with Crippen molar-refractivity contribution in [2.24, 2.45) is 5.92 Å². The fraction of sp³-hybridized carbons (Fsp3) is 0.600. The zero-order valence-corrected chi connectivity index (χ0v) is 16.7. The minimum atomic E-state index is -3.80. The van der Waals surface area contributed by atoms with Gasteiger partial charge in [-0.05, 0) is 34.8 Å². The van der Waals surface area contributed by atoms with Crippen molar-refractivity contribution in [3.05, 3.63) is 21.9 Å². The summed E-state index contributed by atoms with van der Waals surface area (Å²) in [5, 5.41) is -0.0650. The molecule has 1 aromatic heterocycles. The first kappa shape index (κ1) is 19.0. The van der Waals surface area contributed by atoms with Crippen LogP contribution in [0.1, 0.15) is 12.8 Å². The molecule has 0 saturated carbocycles. The fourth-order valence-electron chi connectivity index (χ4n) is 3.13. The molecule has 7 nitrogen and oxygen atoms in total. The molecule has 2 saturated heterocycles. The van der Waals surface area contributed by atoms with Gasteiger partial charge in [-0.2, -0.15) is 4.31 Å². The summed E-state index contributed by atoms with van der Waals surface area (Å²) in [6.45, 7) is 2.71. The SMILES string of the molecule is O=C(C1CCCN(S(=O)(=O)c2cc(Br)cnc2Cl)C1)N1CCOCC1. The molecular formula is C15H19BrClN3O4S. The van der Waals surface area contributed by atoms with Crippen LogP contribution in [0, 0.1) is 5.92 Å². The lowest BCUT2D eigenvalue weighted by Gasteiger charge is -2.35. The number of sulfonamides is 1. The molecule has 2 aliphatic rings. The average Bonchev–Trinajstić information content (AvgIpc) is 2.64. The maximum Gasteiger partial charge on any atom is 0.246 e. The van der Waals surface area contributed by atoms with Crippen LogP contribution >= 0.6 is 27.5 Å².